The summed E-state index contributed by atoms with van der Waals surface area (Å²) in [5.41, 5.74) is 2.84. The van der Waals surface area contributed by atoms with E-state index in [9.17, 15) is 14.4 Å². The zero-order valence-corrected chi connectivity index (χ0v) is 25.0. The molecule has 0 aliphatic carbocycles. The monoisotopic (exact) mass is 612 g/mol. The number of nitrogens with one attached hydrogen (secondary N) is 1. The highest BCUT2D eigenvalue weighted by Gasteiger charge is 2.39. The van der Waals surface area contributed by atoms with E-state index in [1.165, 1.54) is 12.0 Å². The lowest BCUT2D eigenvalue weighted by atomic mass is 9.92. The predicted molar refractivity (Wildman–Crippen MR) is 157 cm³/mol. The Bertz CT molecular complexity index is 1540. The van der Waals surface area contributed by atoms with Crippen LogP contribution in [-0.4, -0.2) is 41.6 Å². The fourth-order valence-electron chi connectivity index (χ4n) is 4.80. The van der Waals surface area contributed by atoms with Crippen molar-refractivity contribution in [3.05, 3.63) is 86.9 Å². The van der Waals surface area contributed by atoms with Gasteiger partial charge in [-0.25, -0.2) is 9.59 Å². The Balaban J connectivity index is 1.32. The Labute approximate surface area is 253 Å². The lowest BCUT2D eigenvalue weighted by Crippen LogP contribution is -2.50. The van der Waals surface area contributed by atoms with Gasteiger partial charge >= 0.3 is 12.1 Å². The van der Waals surface area contributed by atoms with Gasteiger partial charge in [0, 0.05) is 12.0 Å². The molecule has 9 nitrogen and oxygen atoms in total. The van der Waals surface area contributed by atoms with Crippen molar-refractivity contribution in [1.82, 2.24) is 4.90 Å². The van der Waals surface area contributed by atoms with E-state index >= 15 is 0 Å². The Hall–Kier alpha value is -3.95. The average molecular weight is 613 g/mol. The minimum Gasteiger partial charge on any atom is -0.489 e. The van der Waals surface area contributed by atoms with Crippen molar-refractivity contribution in [3.63, 3.8) is 0 Å². The van der Waals surface area contributed by atoms with Gasteiger partial charge in [0.05, 0.1) is 29.4 Å². The number of hydrogen-bond acceptors (Lipinski definition) is 7. The average Bonchev–Trinajstić information content (AvgIpc) is 2.94. The molecular weight excluding hydrogens is 583 g/mol. The molecule has 2 aliphatic rings. The third-order valence-corrected chi connectivity index (χ3v) is 7.59. The standard InChI is InChI=1S/C31H30Cl2N2O7/c1-31(2,3)42-30(38)35-15-20-14-26-24(12-19(20)13-25(35)29(37)39-4)34-28(36)27(41-26)18-6-8-21(9-7-18)40-16-17-5-10-22(32)23(33)11-17/h5-12,14,25,27H,13,15-16H2,1-4H3,(H,34,36)/t25?,27-/m0/s1. The smallest absolute Gasteiger partial charge is 0.411 e. The van der Waals surface area contributed by atoms with Crippen molar-refractivity contribution in [1.29, 1.82) is 0 Å². The van der Waals surface area contributed by atoms with Crippen LogP contribution in [-0.2, 0) is 38.6 Å². The molecule has 2 aliphatic heterocycles. The van der Waals surface area contributed by atoms with Crippen LogP contribution in [0.15, 0.2) is 54.6 Å². The van der Waals surface area contributed by atoms with Crippen molar-refractivity contribution in [2.45, 2.75) is 58.1 Å². The lowest BCUT2D eigenvalue weighted by molar-refractivity contribution is -0.147. The molecule has 2 atom stereocenters. The van der Waals surface area contributed by atoms with Gasteiger partial charge in [-0.15, -0.1) is 0 Å². The van der Waals surface area contributed by atoms with Gasteiger partial charge in [0.25, 0.3) is 5.91 Å². The molecule has 1 N–H and O–H groups in total. The molecule has 2 heterocycles. The molecule has 0 bridgehead atoms. The summed E-state index contributed by atoms with van der Waals surface area (Å²) in [4.78, 5) is 40.0. The molecule has 0 radical (unpaired) electrons. The molecule has 11 heteroatoms. The fourth-order valence-corrected chi connectivity index (χ4v) is 5.12. The Morgan fingerprint density at radius 2 is 1.76 bits per heavy atom. The van der Waals surface area contributed by atoms with Crippen LogP contribution in [0.3, 0.4) is 0 Å². The number of anilines is 1. The van der Waals surface area contributed by atoms with Crippen molar-refractivity contribution in [2.24, 2.45) is 0 Å². The quantitative estimate of drug-likeness (QED) is 0.329. The molecule has 0 fully saturated rings. The Morgan fingerprint density at radius 3 is 2.43 bits per heavy atom. The highest BCUT2D eigenvalue weighted by atomic mass is 35.5. The first-order valence-corrected chi connectivity index (χ1v) is 14.0. The van der Waals surface area contributed by atoms with Crippen molar-refractivity contribution in [2.75, 3.05) is 12.4 Å². The maximum absolute atomic E-state index is 13.0. The van der Waals surface area contributed by atoms with Gasteiger partial charge in [-0.05, 0) is 73.9 Å². The topological polar surface area (TPSA) is 103 Å². The van der Waals surface area contributed by atoms with Gasteiger partial charge in [0.2, 0.25) is 6.10 Å². The summed E-state index contributed by atoms with van der Waals surface area (Å²) >= 11 is 12.1. The first kappa shape index (κ1) is 29.5. The van der Waals surface area contributed by atoms with Gasteiger partial charge in [-0.1, -0.05) is 41.4 Å². The molecule has 0 saturated heterocycles. The van der Waals surface area contributed by atoms with E-state index in [0.29, 0.717) is 39.4 Å². The number of benzene rings is 3. The van der Waals surface area contributed by atoms with E-state index in [1.807, 2.05) is 6.07 Å². The number of nitrogens with zero attached hydrogens (tertiary/aromatic N) is 1. The number of hydrogen-bond donors (Lipinski definition) is 1. The number of amides is 2. The van der Waals surface area contributed by atoms with Crippen LogP contribution < -0.4 is 14.8 Å². The molecule has 1 unspecified atom stereocenters. The summed E-state index contributed by atoms with van der Waals surface area (Å²) < 4.78 is 22.5. The first-order valence-electron chi connectivity index (χ1n) is 13.3. The first-order chi connectivity index (χ1) is 19.9. The summed E-state index contributed by atoms with van der Waals surface area (Å²) in [5, 5.41) is 3.84. The maximum atomic E-state index is 13.0. The normalized spacial score (nSPS) is 17.8. The van der Waals surface area contributed by atoms with E-state index in [-0.39, 0.29) is 18.9 Å². The number of esters is 1. The number of fused-ring (bicyclic) bond motifs is 2. The van der Waals surface area contributed by atoms with Crippen LogP contribution in [0, 0.1) is 0 Å². The van der Waals surface area contributed by atoms with Gasteiger partial charge in [0.15, 0.2) is 0 Å². The molecule has 220 valence electrons. The number of carbonyl (C=O) groups excluding carboxylic acids is 3. The van der Waals surface area contributed by atoms with Gasteiger partial charge in [-0.2, -0.15) is 0 Å². The highest BCUT2D eigenvalue weighted by molar-refractivity contribution is 6.42. The second kappa shape index (κ2) is 11.7. The van der Waals surface area contributed by atoms with E-state index in [4.69, 9.17) is 42.1 Å². The van der Waals surface area contributed by atoms with Crippen LogP contribution in [0.4, 0.5) is 10.5 Å². The molecule has 42 heavy (non-hydrogen) atoms. The molecule has 5 rings (SSSR count). The fraction of sp³-hybridized carbons (Fsp3) is 0.323. The number of halogens is 2. The number of methoxy groups -OCH3 is 1. The number of carbonyl (C=O) groups is 3. The third-order valence-electron chi connectivity index (χ3n) is 6.85. The molecule has 0 aromatic heterocycles. The minimum absolute atomic E-state index is 0.115. The molecule has 0 saturated carbocycles. The van der Waals surface area contributed by atoms with Crippen molar-refractivity contribution in [3.8, 4) is 11.5 Å². The Morgan fingerprint density at radius 1 is 1.02 bits per heavy atom. The van der Waals surface area contributed by atoms with E-state index < -0.39 is 29.8 Å². The van der Waals surface area contributed by atoms with Crippen molar-refractivity contribution >= 4 is 46.9 Å². The zero-order valence-electron chi connectivity index (χ0n) is 23.5. The molecule has 3 aromatic carbocycles. The lowest BCUT2D eigenvalue weighted by Gasteiger charge is -2.37. The summed E-state index contributed by atoms with van der Waals surface area (Å²) in [5.74, 6) is 0.188. The zero-order chi connectivity index (χ0) is 30.2. The summed E-state index contributed by atoms with van der Waals surface area (Å²) in [6, 6.07) is 15.1. The van der Waals surface area contributed by atoms with Crippen LogP contribution >= 0.6 is 23.2 Å². The van der Waals surface area contributed by atoms with E-state index in [2.05, 4.69) is 5.32 Å². The summed E-state index contributed by atoms with van der Waals surface area (Å²) in [6.07, 6.45) is -1.31. The number of rotatable bonds is 5. The predicted octanol–water partition coefficient (Wildman–Crippen LogP) is 6.48. The molecule has 0 spiro atoms. The molecular formula is C31H30Cl2N2O7. The number of ether oxygens (including phenoxy) is 4. The third kappa shape index (κ3) is 6.42. The van der Waals surface area contributed by atoms with Gasteiger partial charge in [0.1, 0.15) is 29.7 Å². The SMILES string of the molecule is COC(=O)C1Cc2cc3c(cc2CN1C(=O)OC(C)(C)C)O[C@@H](c1ccc(OCc2ccc(Cl)c(Cl)c2)cc1)C(=O)N3. The summed E-state index contributed by atoms with van der Waals surface area (Å²) in [6.45, 7) is 5.70. The van der Waals surface area contributed by atoms with Crippen LogP contribution in [0.2, 0.25) is 10.0 Å². The Kier molecular flexibility index (Phi) is 8.25. The van der Waals surface area contributed by atoms with Gasteiger partial charge in [-0.3, -0.25) is 9.69 Å². The van der Waals surface area contributed by atoms with Crippen LogP contribution in [0.1, 0.15) is 49.1 Å². The summed E-state index contributed by atoms with van der Waals surface area (Å²) in [7, 11) is 1.28. The molecule has 2 amide bonds. The van der Waals surface area contributed by atoms with Crippen LogP contribution in [0.5, 0.6) is 11.5 Å². The van der Waals surface area contributed by atoms with E-state index in [1.54, 1.807) is 69.3 Å². The van der Waals surface area contributed by atoms with Crippen molar-refractivity contribution < 1.29 is 33.3 Å². The second-order valence-corrected chi connectivity index (χ2v) is 11.9. The maximum Gasteiger partial charge on any atom is 0.411 e. The highest BCUT2D eigenvalue weighted by Crippen LogP contribution is 2.40. The largest absolute Gasteiger partial charge is 0.489 e. The second-order valence-electron chi connectivity index (χ2n) is 11.1. The van der Waals surface area contributed by atoms with Crippen LogP contribution in [0.25, 0.3) is 0 Å². The minimum atomic E-state index is -0.895. The molecule has 3 aromatic rings. The van der Waals surface area contributed by atoms with Gasteiger partial charge < -0.3 is 24.3 Å². The van der Waals surface area contributed by atoms with E-state index in [0.717, 1.165) is 16.7 Å².